The van der Waals surface area contributed by atoms with Gasteiger partial charge in [-0.25, -0.2) is 0 Å². The topological polar surface area (TPSA) is 82.1 Å². The predicted molar refractivity (Wildman–Crippen MR) is 118 cm³/mol. The number of hydrogen-bond acceptors (Lipinski definition) is 4. The Morgan fingerprint density at radius 2 is 1.66 bits per heavy atom. The average Bonchev–Trinajstić information content (AvgIpc) is 3.49. The van der Waals surface area contributed by atoms with Gasteiger partial charge in [0.1, 0.15) is 12.2 Å². The zero-order valence-electron chi connectivity index (χ0n) is 17.6. The van der Waals surface area contributed by atoms with Crippen LogP contribution in [0.25, 0.3) is 0 Å². The zero-order chi connectivity index (χ0) is 21.2. The Balaban J connectivity index is 2.00. The molecule has 3 unspecified atom stereocenters. The molecule has 29 heavy (non-hydrogen) atoms. The highest BCUT2D eigenvalue weighted by Crippen LogP contribution is 2.29. The van der Waals surface area contributed by atoms with E-state index in [4.69, 9.17) is 9.84 Å². The van der Waals surface area contributed by atoms with Gasteiger partial charge in [-0.3, -0.25) is 4.79 Å². The first-order valence-corrected chi connectivity index (χ1v) is 10.7. The molecular weight excluding hydrogens is 366 g/mol. The van der Waals surface area contributed by atoms with E-state index in [9.17, 15) is 9.90 Å². The van der Waals surface area contributed by atoms with Gasteiger partial charge in [-0.1, -0.05) is 67.7 Å². The Bertz CT molecular complexity index is 577. The molecule has 0 spiro atoms. The molecular formula is C24H37NO4. The summed E-state index contributed by atoms with van der Waals surface area (Å²) >= 11 is 0. The molecule has 3 N–H and O–H groups in total. The van der Waals surface area contributed by atoms with Crippen molar-refractivity contribution in [1.29, 1.82) is 0 Å². The third-order valence-electron chi connectivity index (χ3n) is 4.35. The lowest BCUT2D eigenvalue weighted by Gasteiger charge is -1.99. The molecule has 0 aromatic rings. The first-order valence-electron chi connectivity index (χ1n) is 10.7. The third-order valence-corrected chi connectivity index (χ3v) is 4.35. The number of aliphatic hydroxyl groups is 2. The van der Waals surface area contributed by atoms with Gasteiger partial charge in [0, 0.05) is 13.0 Å². The van der Waals surface area contributed by atoms with Crippen molar-refractivity contribution < 1.29 is 19.7 Å². The maximum atomic E-state index is 11.3. The smallest absolute Gasteiger partial charge is 0.220 e. The summed E-state index contributed by atoms with van der Waals surface area (Å²) in [5, 5.41) is 21.3. The molecule has 1 fully saturated rings. The van der Waals surface area contributed by atoms with Crippen LogP contribution in [0.15, 0.2) is 60.8 Å². The van der Waals surface area contributed by atoms with E-state index in [1.54, 1.807) is 0 Å². The van der Waals surface area contributed by atoms with Crippen molar-refractivity contribution in [3.05, 3.63) is 60.8 Å². The van der Waals surface area contributed by atoms with Crippen LogP contribution in [0, 0.1) is 0 Å². The Kier molecular flexibility index (Phi) is 14.7. The lowest BCUT2D eigenvalue weighted by atomic mass is 10.1. The summed E-state index contributed by atoms with van der Waals surface area (Å²) in [4.78, 5) is 11.3. The summed E-state index contributed by atoms with van der Waals surface area (Å²) in [6.45, 7) is 2.40. The third kappa shape index (κ3) is 13.8. The van der Waals surface area contributed by atoms with Crippen molar-refractivity contribution >= 4 is 5.91 Å². The lowest BCUT2D eigenvalue weighted by molar-refractivity contribution is -0.121. The van der Waals surface area contributed by atoms with Crippen LogP contribution in [0.2, 0.25) is 0 Å². The number of amides is 1. The van der Waals surface area contributed by atoms with Gasteiger partial charge in [0.25, 0.3) is 0 Å². The second kappa shape index (κ2) is 17.0. The minimum atomic E-state index is -0.518. The molecule has 1 amide bonds. The van der Waals surface area contributed by atoms with Gasteiger partial charge < -0.3 is 20.3 Å². The van der Waals surface area contributed by atoms with E-state index in [2.05, 4.69) is 54.8 Å². The van der Waals surface area contributed by atoms with E-state index in [0.717, 1.165) is 32.1 Å². The first kappa shape index (κ1) is 25.1. The summed E-state index contributed by atoms with van der Waals surface area (Å²) in [7, 11) is 0. The minimum absolute atomic E-state index is 0.0217. The zero-order valence-corrected chi connectivity index (χ0v) is 17.6. The maximum absolute atomic E-state index is 11.3. The lowest BCUT2D eigenvalue weighted by Crippen LogP contribution is -2.25. The number of aliphatic hydroxyl groups excluding tert-OH is 2. The van der Waals surface area contributed by atoms with Crippen LogP contribution in [-0.4, -0.2) is 47.6 Å². The standard InChI is InChI=1S/C24H37NO4/c1-2-3-13-17-22-24(29-22)21(27)16-14-11-9-7-5-4-6-8-10-12-15-18-23(28)25-19-20-26/h3-4,6-7,9-10,12-14,16,21-22,24,26-27H,2,5,8,11,15,17-20H2,1H3,(H,25,28)/b6-4-,9-7-,12-10-,13-3-,16-14-. The average molecular weight is 404 g/mol. The summed E-state index contributed by atoms with van der Waals surface area (Å²) in [6.07, 6.45) is 25.7. The summed E-state index contributed by atoms with van der Waals surface area (Å²) in [5.74, 6) is -0.0282. The number of carbonyl (C=O) groups excluding carboxylic acids is 1. The van der Waals surface area contributed by atoms with Crippen LogP contribution in [0.4, 0.5) is 0 Å². The van der Waals surface area contributed by atoms with Crippen LogP contribution < -0.4 is 5.32 Å². The second-order valence-corrected chi connectivity index (χ2v) is 6.91. The molecule has 0 aromatic heterocycles. The SMILES string of the molecule is CC/C=C\CC1OC1C(O)/C=C\C/C=C\C/C=C\C/C=C\CCC(=O)NCCO. The highest BCUT2D eigenvalue weighted by molar-refractivity contribution is 5.75. The van der Waals surface area contributed by atoms with Crippen LogP contribution >= 0.6 is 0 Å². The fraction of sp³-hybridized carbons (Fsp3) is 0.542. The van der Waals surface area contributed by atoms with E-state index in [1.165, 1.54) is 0 Å². The summed E-state index contributed by atoms with van der Waals surface area (Å²) in [6, 6.07) is 0. The Hall–Kier alpha value is -1.95. The van der Waals surface area contributed by atoms with Gasteiger partial charge >= 0.3 is 0 Å². The molecule has 1 aliphatic rings. The fourth-order valence-corrected chi connectivity index (χ4v) is 2.70. The molecule has 0 radical (unpaired) electrons. The molecule has 5 nitrogen and oxygen atoms in total. The number of rotatable bonds is 16. The number of epoxide rings is 1. The first-order chi connectivity index (χ1) is 14.2. The van der Waals surface area contributed by atoms with Gasteiger partial charge in [-0.15, -0.1) is 0 Å². The monoisotopic (exact) mass is 403 g/mol. The molecule has 1 saturated heterocycles. The van der Waals surface area contributed by atoms with Gasteiger partial charge in [0.05, 0.1) is 12.7 Å². The Morgan fingerprint density at radius 1 is 1.00 bits per heavy atom. The number of nitrogens with one attached hydrogen (secondary N) is 1. The molecule has 0 aliphatic carbocycles. The van der Waals surface area contributed by atoms with Gasteiger partial charge in [0.15, 0.2) is 0 Å². The molecule has 0 bridgehead atoms. The van der Waals surface area contributed by atoms with E-state index < -0.39 is 6.10 Å². The second-order valence-electron chi connectivity index (χ2n) is 6.91. The van der Waals surface area contributed by atoms with E-state index >= 15 is 0 Å². The molecule has 3 atom stereocenters. The molecule has 5 heteroatoms. The van der Waals surface area contributed by atoms with Gasteiger partial charge in [0.2, 0.25) is 5.91 Å². The van der Waals surface area contributed by atoms with Crippen molar-refractivity contribution in [2.45, 2.75) is 70.2 Å². The van der Waals surface area contributed by atoms with Crippen molar-refractivity contribution in [3.63, 3.8) is 0 Å². The Morgan fingerprint density at radius 3 is 2.31 bits per heavy atom. The molecule has 1 rings (SSSR count). The van der Waals surface area contributed by atoms with E-state index in [-0.39, 0.29) is 24.7 Å². The minimum Gasteiger partial charge on any atom is -0.395 e. The predicted octanol–water partition coefficient (Wildman–Crippen LogP) is 3.75. The van der Waals surface area contributed by atoms with Crippen molar-refractivity contribution in [1.82, 2.24) is 5.32 Å². The normalized spacial score (nSPS) is 20.7. The molecule has 1 heterocycles. The van der Waals surface area contributed by atoms with Crippen LogP contribution in [-0.2, 0) is 9.53 Å². The Labute approximate surface area is 175 Å². The van der Waals surface area contributed by atoms with E-state index in [0.29, 0.717) is 19.4 Å². The number of ether oxygens (including phenoxy) is 1. The molecule has 0 aromatic carbocycles. The van der Waals surface area contributed by atoms with Crippen LogP contribution in [0.3, 0.4) is 0 Å². The number of carbonyl (C=O) groups is 1. The van der Waals surface area contributed by atoms with Crippen molar-refractivity contribution in [3.8, 4) is 0 Å². The van der Waals surface area contributed by atoms with Crippen LogP contribution in [0.1, 0.15) is 51.9 Å². The van der Waals surface area contributed by atoms with Gasteiger partial charge in [-0.2, -0.15) is 0 Å². The van der Waals surface area contributed by atoms with Gasteiger partial charge in [-0.05, 0) is 38.5 Å². The molecule has 162 valence electrons. The highest BCUT2D eigenvalue weighted by Gasteiger charge is 2.42. The largest absolute Gasteiger partial charge is 0.395 e. The summed E-state index contributed by atoms with van der Waals surface area (Å²) < 4.78 is 5.50. The summed E-state index contributed by atoms with van der Waals surface area (Å²) in [5.41, 5.74) is 0. The van der Waals surface area contributed by atoms with Crippen molar-refractivity contribution in [2.75, 3.05) is 13.2 Å². The fourth-order valence-electron chi connectivity index (χ4n) is 2.70. The van der Waals surface area contributed by atoms with Crippen molar-refractivity contribution in [2.24, 2.45) is 0 Å². The number of allylic oxidation sites excluding steroid dienone is 8. The molecule has 0 saturated carbocycles. The quantitative estimate of drug-likeness (QED) is 0.271. The maximum Gasteiger partial charge on any atom is 0.220 e. The van der Waals surface area contributed by atoms with E-state index in [1.807, 2.05) is 18.2 Å². The molecule has 1 aliphatic heterocycles. The number of hydrogen-bond donors (Lipinski definition) is 3. The van der Waals surface area contributed by atoms with Crippen LogP contribution in [0.5, 0.6) is 0 Å². The highest BCUT2D eigenvalue weighted by atomic mass is 16.6.